The van der Waals surface area contributed by atoms with Crippen LogP contribution in [0.15, 0.2) is 28.1 Å². The molecule has 0 aromatic carbocycles. The fourth-order valence-electron chi connectivity index (χ4n) is 3.15. The molecule has 5 nitrogen and oxygen atoms in total. The number of nitrogens with one attached hydrogen (secondary N) is 1. The Morgan fingerprint density at radius 3 is 3.14 bits per heavy atom. The largest absolute Gasteiger partial charge is 0.360 e. The summed E-state index contributed by atoms with van der Waals surface area (Å²) in [6, 6.07) is 6.21. The molecule has 1 amide bonds. The molecule has 2 aromatic heterocycles. The lowest BCUT2D eigenvalue weighted by Crippen LogP contribution is -2.43. The summed E-state index contributed by atoms with van der Waals surface area (Å²) in [6.45, 7) is 4.84. The maximum atomic E-state index is 12.6. The molecule has 1 saturated heterocycles. The van der Waals surface area contributed by atoms with Crippen LogP contribution in [0.2, 0.25) is 0 Å². The van der Waals surface area contributed by atoms with Gasteiger partial charge in [-0.3, -0.25) is 9.69 Å². The van der Waals surface area contributed by atoms with E-state index in [2.05, 4.69) is 39.8 Å². The summed E-state index contributed by atoms with van der Waals surface area (Å²) in [5, 5.41) is 8.82. The Hall–Kier alpha value is -1.66. The maximum absolute atomic E-state index is 12.6. The molecule has 3 rings (SSSR count). The average Bonchev–Trinajstić information content (AvgIpc) is 3.20. The summed E-state index contributed by atoms with van der Waals surface area (Å²) in [7, 11) is 0. The fourth-order valence-corrected chi connectivity index (χ4v) is 4.04. The highest BCUT2D eigenvalue weighted by Gasteiger charge is 2.35. The highest BCUT2D eigenvalue weighted by molar-refractivity contribution is 7.10. The molecule has 0 radical (unpaired) electrons. The summed E-state index contributed by atoms with van der Waals surface area (Å²) >= 11 is 1.77. The minimum atomic E-state index is -0.133. The molecule has 0 unspecified atom stereocenters. The number of thiophene rings is 1. The molecular weight excluding hydrogens is 298 g/mol. The summed E-state index contributed by atoms with van der Waals surface area (Å²) in [5.41, 5.74) is 0. The second-order valence-electron chi connectivity index (χ2n) is 5.65. The minimum absolute atomic E-state index is 0.000689. The Kier molecular flexibility index (Phi) is 4.59. The number of aromatic nitrogens is 1. The zero-order chi connectivity index (χ0) is 15.5. The van der Waals surface area contributed by atoms with Crippen LogP contribution in [0.25, 0.3) is 0 Å². The molecule has 1 aliphatic heterocycles. The fraction of sp³-hybridized carbons (Fsp3) is 0.500. The van der Waals surface area contributed by atoms with Crippen molar-refractivity contribution < 1.29 is 9.32 Å². The third-order valence-corrected chi connectivity index (χ3v) is 5.11. The van der Waals surface area contributed by atoms with Gasteiger partial charge in [-0.25, -0.2) is 0 Å². The zero-order valence-corrected chi connectivity index (χ0v) is 13.7. The van der Waals surface area contributed by atoms with Crippen LogP contribution in [0.3, 0.4) is 0 Å². The maximum Gasteiger partial charge on any atom is 0.242 e. The quantitative estimate of drug-likeness (QED) is 0.915. The molecule has 118 valence electrons. The number of likely N-dealkylation sites (tertiary alicyclic amines) is 1. The number of hydrogen-bond acceptors (Lipinski definition) is 5. The monoisotopic (exact) mass is 319 g/mol. The van der Waals surface area contributed by atoms with E-state index < -0.39 is 0 Å². The molecule has 22 heavy (non-hydrogen) atoms. The Balaban J connectivity index is 1.73. The van der Waals surface area contributed by atoms with Gasteiger partial charge < -0.3 is 9.84 Å². The molecule has 0 saturated carbocycles. The number of rotatable bonds is 5. The second kappa shape index (κ2) is 6.62. The number of anilines is 1. The van der Waals surface area contributed by atoms with E-state index in [-0.39, 0.29) is 11.9 Å². The van der Waals surface area contributed by atoms with Gasteiger partial charge in [-0.1, -0.05) is 18.1 Å². The van der Waals surface area contributed by atoms with Gasteiger partial charge in [0.1, 0.15) is 5.76 Å². The topological polar surface area (TPSA) is 58.4 Å². The summed E-state index contributed by atoms with van der Waals surface area (Å²) in [4.78, 5) is 16.3. The molecule has 0 spiro atoms. The predicted octanol–water partition coefficient (Wildman–Crippen LogP) is 3.60. The molecule has 0 aliphatic carbocycles. The van der Waals surface area contributed by atoms with Crippen LogP contribution in [-0.4, -0.2) is 28.6 Å². The van der Waals surface area contributed by atoms with Crippen LogP contribution in [0.5, 0.6) is 0 Å². The Labute approximate surface area is 134 Å². The average molecular weight is 319 g/mol. The first-order valence-corrected chi connectivity index (χ1v) is 8.60. The molecular formula is C16H21N3O2S. The Morgan fingerprint density at radius 2 is 2.50 bits per heavy atom. The summed E-state index contributed by atoms with van der Waals surface area (Å²) in [6.07, 6.45) is 3.04. The minimum Gasteiger partial charge on any atom is -0.360 e. The number of amides is 1. The van der Waals surface area contributed by atoms with Crippen molar-refractivity contribution >= 4 is 23.1 Å². The van der Waals surface area contributed by atoms with Crippen LogP contribution in [0, 0.1) is 6.92 Å². The highest BCUT2D eigenvalue weighted by Crippen LogP contribution is 2.36. The molecule has 0 bridgehead atoms. The number of aryl methyl sites for hydroxylation is 1. The van der Waals surface area contributed by atoms with Crippen LogP contribution >= 0.6 is 11.3 Å². The normalized spacial score (nSPS) is 20.2. The van der Waals surface area contributed by atoms with E-state index in [0.29, 0.717) is 17.6 Å². The molecule has 1 N–H and O–H groups in total. The van der Waals surface area contributed by atoms with Gasteiger partial charge in [0.15, 0.2) is 5.82 Å². The van der Waals surface area contributed by atoms with E-state index in [1.54, 1.807) is 17.4 Å². The first kappa shape index (κ1) is 15.2. The van der Waals surface area contributed by atoms with Gasteiger partial charge in [0.2, 0.25) is 5.91 Å². The predicted molar refractivity (Wildman–Crippen MR) is 86.9 cm³/mol. The van der Waals surface area contributed by atoms with E-state index in [0.717, 1.165) is 25.8 Å². The lowest BCUT2D eigenvalue weighted by molar-refractivity contribution is -0.121. The first-order chi connectivity index (χ1) is 10.7. The van der Waals surface area contributed by atoms with E-state index in [1.165, 1.54) is 4.88 Å². The van der Waals surface area contributed by atoms with Crippen molar-refractivity contribution in [2.75, 3.05) is 11.9 Å². The Bertz CT molecular complexity index is 623. The van der Waals surface area contributed by atoms with E-state index in [1.807, 2.05) is 6.92 Å². The number of carbonyl (C=O) groups is 1. The van der Waals surface area contributed by atoms with Gasteiger partial charge in [-0.2, -0.15) is 0 Å². The molecule has 2 atom stereocenters. The van der Waals surface area contributed by atoms with E-state index >= 15 is 0 Å². The lowest BCUT2D eigenvalue weighted by Gasteiger charge is -2.30. The third kappa shape index (κ3) is 3.08. The molecule has 1 aliphatic rings. The van der Waals surface area contributed by atoms with Gasteiger partial charge in [0.25, 0.3) is 0 Å². The van der Waals surface area contributed by atoms with Crippen LogP contribution in [0.4, 0.5) is 5.82 Å². The van der Waals surface area contributed by atoms with Crippen molar-refractivity contribution in [1.82, 2.24) is 10.1 Å². The summed E-state index contributed by atoms with van der Waals surface area (Å²) < 4.78 is 5.01. The SMILES string of the molecule is CC[C@@H](C(=O)Nc1cc(C)on1)N1CCC[C@@H]1c1cccs1. The van der Waals surface area contributed by atoms with Crippen molar-refractivity contribution in [1.29, 1.82) is 0 Å². The van der Waals surface area contributed by atoms with Crippen molar-refractivity contribution in [2.45, 2.75) is 45.2 Å². The lowest BCUT2D eigenvalue weighted by atomic mass is 10.1. The second-order valence-corrected chi connectivity index (χ2v) is 6.63. The number of nitrogens with zero attached hydrogens (tertiary/aromatic N) is 2. The summed E-state index contributed by atoms with van der Waals surface area (Å²) in [5.74, 6) is 1.19. The Morgan fingerprint density at radius 1 is 1.64 bits per heavy atom. The zero-order valence-electron chi connectivity index (χ0n) is 12.9. The van der Waals surface area contributed by atoms with Crippen LogP contribution in [-0.2, 0) is 4.79 Å². The van der Waals surface area contributed by atoms with Gasteiger partial charge in [0.05, 0.1) is 6.04 Å². The van der Waals surface area contributed by atoms with E-state index in [4.69, 9.17) is 4.52 Å². The van der Waals surface area contributed by atoms with Gasteiger partial charge in [0, 0.05) is 17.0 Å². The smallest absolute Gasteiger partial charge is 0.242 e. The first-order valence-electron chi connectivity index (χ1n) is 7.72. The van der Waals surface area contributed by atoms with Gasteiger partial charge >= 0.3 is 0 Å². The highest BCUT2D eigenvalue weighted by atomic mass is 32.1. The van der Waals surface area contributed by atoms with E-state index in [9.17, 15) is 4.79 Å². The van der Waals surface area contributed by atoms with Crippen molar-refractivity contribution in [2.24, 2.45) is 0 Å². The number of carbonyl (C=O) groups excluding carboxylic acids is 1. The molecule has 2 aromatic rings. The van der Waals surface area contributed by atoms with Gasteiger partial charge in [-0.05, 0) is 44.2 Å². The molecule has 6 heteroatoms. The van der Waals surface area contributed by atoms with Crippen molar-refractivity contribution in [3.05, 3.63) is 34.2 Å². The third-order valence-electron chi connectivity index (χ3n) is 4.13. The van der Waals surface area contributed by atoms with Crippen molar-refractivity contribution in [3.63, 3.8) is 0 Å². The van der Waals surface area contributed by atoms with Crippen molar-refractivity contribution in [3.8, 4) is 0 Å². The standard InChI is InChI=1S/C16H21N3O2S/c1-3-12(16(20)17-15-10-11(2)21-18-15)19-8-4-6-13(19)14-7-5-9-22-14/h5,7,9-10,12-13H,3-4,6,8H2,1-2H3,(H,17,18,20)/t12-,13+/m0/s1. The molecule has 1 fully saturated rings. The molecule has 3 heterocycles. The van der Waals surface area contributed by atoms with Gasteiger partial charge in [-0.15, -0.1) is 11.3 Å². The van der Waals surface area contributed by atoms with Crippen LogP contribution < -0.4 is 5.32 Å². The van der Waals surface area contributed by atoms with Crippen LogP contribution in [0.1, 0.15) is 42.9 Å². The number of hydrogen-bond donors (Lipinski definition) is 1.